The summed E-state index contributed by atoms with van der Waals surface area (Å²) in [5.74, 6) is 0. The molecule has 0 saturated heterocycles. The SMILES string of the molecule is Cc1nc(C)c(C(C)NCCN(C)C2CCCC2)s1. The van der Waals surface area contributed by atoms with E-state index in [0.29, 0.717) is 6.04 Å². The van der Waals surface area contributed by atoms with Crippen LogP contribution in [0.5, 0.6) is 0 Å². The molecule has 1 fully saturated rings. The summed E-state index contributed by atoms with van der Waals surface area (Å²) in [7, 11) is 2.27. The number of hydrogen-bond acceptors (Lipinski definition) is 4. The first-order chi connectivity index (χ1) is 9.08. The van der Waals surface area contributed by atoms with Gasteiger partial charge in [0.1, 0.15) is 0 Å². The lowest BCUT2D eigenvalue weighted by atomic mass is 10.2. The van der Waals surface area contributed by atoms with Crippen LogP contribution in [-0.4, -0.2) is 36.1 Å². The molecule has 0 spiro atoms. The molecule has 0 bridgehead atoms. The average molecular weight is 281 g/mol. The summed E-state index contributed by atoms with van der Waals surface area (Å²) in [6, 6.07) is 1.24. The van der Waals surface area contributed by atoms with Crippen LogP contribution in [0, 0.1) is 13.8 Å². The standard InChI is InChI=1S/C15H27N3S/c1-11(15-12(2)17-13(3)19-15)16-9-10-18(4)14-7-5-6-8-14/h11,14,16H,5-10H2,1-4H3. The maximum Gasteiger partial charge on any atom is 0.0900 e. The Bertz CT molecular complexity index is 396. The molecule has 1 N–H and O–H groups in total. The van der Waals surface area contributed by atoms with Crippen LogP contribution in [0.25, 0.3) is 0 Å². The Morgan fingerprint density at radius 3 is 2.63 bits per heavy atom. The number of likely N-dealkylation sites (N-methyl/N-ethyl adjacent to an activating group) is 1. The van der Waals surface area contributed by atoms with Crippen molar-refractivity contribution in [2.75, 3.05) is 20.1 Å². The maximum atomic E-state index is 4.51. The largest absolute Gasteiger partial charge is 0.308 e. The molecule has 1 unspecified atom stereocenters. The summed E-state index contributed by atoms with van der Waals surface area (Å²) in [5, 5.41) is 4.81. The van der Waals surface area contributed by atoms with Crippen molar-refractivity contribution >= 4 is 11.3 Å². The normalized spacial score (nSPS) is 18.4. The van der Waals surface area contributed by atoms with Gasteiger partial charge in [-0.2, -0.15) is 0 Å². The third-order valence-corrected chi connectivity index (χ3v) is 5.45. The summed E-state index contributed by atoms with van der Waals surface area (Å²) in [6.45, 7) is 8.65. The zero-order valence-corrected chi connectivity index (χ0v) is 13.5. The highest BCUT2D eigenvalue weighted by Crippen LogP contribution is 2.24. The highest BCUT2D eigenvalue weighted by molar-refractivity contribution is 7.11. The molecule has 108 valence electrons. The van der Waals surface area contributed by atoms with Crippen LogP contribution < -0.4 is 5.32 Å². The molecular formula is C15H27N3S. The number of thiazole rings is 1. The van der Waals surface area contributed by atoms with Crippen LogP contribution >= 0.6 is 11.3 Å². The van der Waals surface area contributed by atoms with E-state index >= 15 is 0 Å². The Kier molecular flexibility index (Phi) is 5.37. The van der Waals surface area contributed by atoms with E-state index in [0.717, 1.165) is 19.1 Å². The molecule has 2 rings (SSSR count). The first kappa shape index (κ1) is 14.9. The first-order valence-corrected chi connectivity index (χ1v) is 8.27. The molecule has 1 aliphatic rings. The first-order valence-electron chi connectivity index (χ1n) is 7.45. The van der Waals surface area contributed by atoms with E-state index in [9.17, 15) is 0 Å². The minimum Gasteiger partial charge on any atom is -0.308 e. The molecule has 0 radical (unpaired) electrons. The van der Waals surface area contributed by atoms with Crippen LogP contribution in [0.3, 0.4) is 0 Å². The molecule has 1 aromatic rings. The lowest BCUT2D eigenvalue weighted by Gasteiger charge is -2.25. The molecule has 3 nitrogen and oxygen atoms in total. The molecule has 0 aromatic carbocycles. The number of aromatic nitrogens is 1. The second-order valence-corrected chi connectivity index (χ2v) is 7.01. The van der Waals surface area contributed by atoms with E-state index in [1.807, 2.05) is 11.3 Å². The van der Waals surface area contributed by atoms with Crippen molar-refractivity contribution in [3.63, 3.8) is 0 Å². The third-order valence-electron chi connectivity index (χ3n) is 4.20. The zero-order chi connectivity index (χ0) is 13.8. The van der Waals surface area contributed by atoms with Gasteiger partial charge in [-0.3, -0.25) is 0 Å². The second-order valence-electron chi connectivity index (χ2n) is 5.78. The molecule has 4 heteroatoms. The second kappa shape index (κ2) is 6.82. The molecule has 1 aromatic heterocycles. The number of rotatable bonds is 6. The van der Waals surface area contributed by atoms with Gasteiger partial charge in [0.2, 0.25) is 0 Å². The van der Waals surface area contributed by atoms with E-state index in [1.165, 1.54) is 41.3 Å². The van der Waals surface area contributed by atoms with Gasteiger partial charge >= 0.3 is 0 Å². The summed E-state index contributed by atoms with van der Waals surface area (Å²) >= 11 is 1.82. The molecule has 19 heavy (non-hydrogen) atoms. The molecule has 1 atom stereocenters. The fourth-order valence-electron chi connectivity index (χ4n) is 3.03. The predicted molar refractivity (Wildman–Crippen MR) is 82.9 cm³/mol. The van der Waals surface area contributed by atoms with Crippen LogP contribution in [0.4, 0.5) is 0 Å². The van der Waals surface area contributed by atoms with E-state index in [1.54, 1.807) is 0 Å². The summed E-state index contributed by atoms with van der Waals surface area (Å²) in [4.78, 5) is 8.42. The van der Waals surface area contributed by atoms with Crippen molar-refractivity contribution in [1.29, 1.82) is 0 Å². The van der Waals surface area contributed by atoms with Gasteiger partial charge < -0.3 is 10.2 Å². The molecular weight excluding hydrogens is 254 g/mol. The number of nitrogens with zero attached hydrogens (tertiary/aromatic N) is 2. The Labute approximate surface area is 121 Å². The van der Waals surface area contributed by atoms with E-state index in [2.05, 4.69) is 43.0 Å². The van der Waals surface area contributed by atoms with Gasteiger partial charge in [0.05, 0.1) is 10.7 Å². The van der Waals surface area contributed by atoms with Crippen LogP contribution in [0.2, 0.25) is 0 Å². The maximum absolute atomic E-state index is 4.51. The van der Waals surface area contributed by atoms with Crippen molar-refractivity contribution in [3.05, 3.63) is 15.6 Å². The Morgan fingerprint density at radius 1 is 1.37 bits per heavy atom. The van der Waals surface area contributed by atoms with Gasteiger partial charge in [-0.25, -0.2) is 4.98 Å². The van der Waals surface area contributed by atoms with Crippen molar-refractivity contribution in [3.8, 4) is 0 Å². The van der Waals surface area contributed by atoms with Crippen LogP contribution in [-0.2, 0) is 0 Å². The highest BCUT2D eigenvalue weighted by atomic mass is 32.1. The lowest BCUT2D eigenvalue weighted by Crippen LogP contribution is -2.36. The number of aryl methyl sites for hydroxylation is 2. The third kappa shape index (κ3) is 4.01. The smallest absolute Gasteiger partial charge is 0.0900 e. The lowest BCUT2D eigenvalue weighted by molar-refractivity contribution is 0.243. The Balaban J connectivity index is 1.74. The fraction of sp³-hybridized carbons (Fsp3) is 0.800. The summed E-state index contributed by atoms with van der Waals surface area (Å²) in [6.07, 6.45) is 5.61. The van der Waals surface area contributed by atoms with Gasteiger partial charge in [0.25, 0.3) is 0 Å². The van der Waals surface area contributed by atoms with Crippen molar-refractivity contribution in [1.82, 2.24) is 15.2 Å². The van der Waals surface area contributed by atoms with Gasteiger partial charge in [0, 0.05) is 30.1 Å². The quantitative estimate of drug-likeness (QED) is 0.867. The van der Waals surface area contributed by atoms with E-state index in [-0.39, 0.29) is 0 Å². The van der Waals surface area contributed by atoms with Gasteiger partial charge in [-0.15, -0.1) is 11.3 Å². The molecule has 0 aliphatic heterocycles. The van der Waals surface area contributed by atoms with Crippen molar-refractivity contribution in [2.24, 2.45) is 0 Å². The Morgan fingerprint density at radius 2 is 2.05 bits per heavy atom. The predicted octanol–water partition coefficient (Wildman–Crippen LogP) is 3.28. The monoisotopic (exact) mass is 281 g/mol. The number of nitrogens with one attached hydrogen (secondary N) is 1. The molecule has 1 aliphatic carbocycles. The summed E-state index contributed by atoms with van der Waals surface area (Å²) in [5.41, 5.74) is 1.19. The fourth-order valence-corrected chi connectivity index (χ4v) is 3.98. The average Bonchev–Trinajstić information content (AvgIpc) is 2.98. The van der Waals surface area contributed by atoms with Crippen molar-refractivity contribution in [2.45, 2.75) is 58.5 Å². The highest BCUT2D eigenvalue weighted by Gasteiger charge is 2.19. The number of hydrogen-bond donors (Lipinski definition) is 1. The molecule has 1 saturated carbocycles. The van der Waals surface area contributed by atoms with Gasteiger partial charge in [-0.1, -0.05) is 12.8 Å². The minimum absolute atomic E-state index is 0.420. The topological polar surface area (TPSA) is 28.2 Å². The van der Waals surface area contributed by atoms with Crippen LogP contribution in [0.15, 0.2) is 0 Å². The van der Waals surface area contributed by atoms with Crippen molar-refractivity contribution < 1.29 is 0 Å². The van der Waals surface area contributed by atoms with E-state index in [4.69, 9.17) is 0 Å². The zero-order valence-electron chi connectivity index (χ0n) is 12.7. The minimum atomic E-state index is 0.420. The Hall–Kier alpha value is -0.450. The summed E-state index contributed by atoms with van der Waals surface area (Å²) < 4.78 is 0. The van der Waals surface area contributed by atoms with Gasteiger partial charge in [0.15, 0.2) is 0 Å². The van der Waals surface area contributed by atoms with Crippen LogP contribution in [0.1, 0.15) is 54.2 Å². The van der Waals surface area contributed by atoms with Gasteiger partial charge in [-0.05, 0) is 40.7 Å². The molecule has 0 amide bonds. The van der Waals surface area contributed by atoms with E-state index < -0.39 is 0 Å². The molecule has 1 heterocycles.